The second-order valence-corrected chi connectivity index (χ2v) is 21.6. The molecule has 2 unspecified atom stereocenters. The van der Waals surface area contributed by atoms with Crippen LogP contribution >= 0.6 is 0 Å². The van der Waals surface area contributed by atoms with Crippen molar-refractivity contribution in [3.05, 3.63) is 198 Å². The number of ether oxygens (including phenoxy) is 2. The minimum absolute atomic E-state index is 0.0392. The SMILES string of the molecule is Nc1cc(S(=O)(=O)c2ccc(O)c(CNCC(O)COc3ccc(C4(c5ccc(OCC(O)CNc6cc(S(=O)(=O)c7ccc(O)c(N)c7)ccc6O)cc5)c5ccccc5-c5ccccc54)cc3)c2)ccc1O. The van der Waals surface area contributed by atoms with Crippen LogP contribution in [0.15, 0.2) is 189 Å². The average molecular weight is 1040 g/mol. The van der Waals surface area contributed by atoms with Crippen LogP contribution in [-0.2, 0) is 31.6 Å². The molecule has 0 saturated heterocycles. The molecule has 12 N–H and O–H groups in total. The number of nitrogen functional groups attached to an aromatic ring is 2. The zero-order chi connectivity index (χ0) is 52.4. The van der Waals surface area contributed by atoms with Gasteiger partial charge >= 0.3 is 0 Å². The summed E-state index contributed by atoms with van der Waals surface area (Å²) in [5, 5.41) is 68.3. The summed E-state index contributed by atoms with van der Waals surface area (Å²) >= 11 is 0. The molecule has 9 rings (SSSR count). The molecular formula is C56H52N4O12S2. The molecule has 0 saturated carbocycles. The maximum atomic E-state index is 13.3. The number of aliphatic hydroxyl groups excluding tert-OH is 2. The largest absolute Gasteiger partial charge is 0.508 e. The molecular weight excluding hydrogens is 985 g/mol. The molecule has 0 aromatic heterocycles. The van der Waals surface area contributed by atoms with Crippen LogP contribution in [0.4, 0.5) is 17.1 Å². The van der Waals surface area contributed by atoms with Gasteiger partial charge in [0, 0.05) is 25.2 Å². The van der Waals surface area contributed by atoms with Crippen molar-refractivity contribution in [3.63, 3.8) is 0 Å². The van der Waals surface area contributed by atoms with Gasteiger partial charge in [-0.3, -0.25) is 0 Å². The zero-order valence-corrected chi connectivity index (χ0v) is 41.1. The number of benzene rings is 8. The second kappa shape index (κ2) is 20.7. The molecule has 0 bridgehead atoms. The van der Waals surface area contributed by atoms with E-state index < -0.39 is 37.3 Å². The van der Waals surface area contributed by atoms with E-state index in [0.29, 0.717) is 11.5 Å². The van der Waals surface area contributed by atoms with Crippen molar-refractivity contribution in [2.24, 2.45) is 0 Å². The highest BCUT2D eigenvalue weighted by Gasteiger charge is 2.46. The fraction of sp³-hybridized carbons (Fsp3) is 0.143. The second-order valence-electron chi connectivity index (χ2n) is 17.7. The summed E-state index contributed by atoms with van der Waals surface area (Å²) in [6.07, 6.45) is -2.05. The Bertz CT molecular complexity index is 3550. The minimum Gasteiger partial charge on any atom is -0.508 e. The van der Waals surface area contributed by atoms with Gasteiger partial charge in [-0.25, -0.2) is 16.8 Å². The molecule has 1 aliphatic carbocycles. The van der Waals surface area contributed by atoms with Crippen molar-refractivity contribution >= 4 is 36.7 Å². The van der Waals surface area contributed by atoms with Gasteiger partial charge in [-0.15, -0.1) is 0 Å². The van der Waals surface area contributed by atoms with E-state index in [1.54, 1.807) is 0 Å². The van der Waals surface area contributed by atoms with Gasteiger partial charge in [0.25, 0.3) is 0 Å². The van der Waals surface area contributed by atoms with Crippen LogP contribution in [-0.4, -0.2) is 86.0 Å². The van der Waals surface area contributed by atoms with Crippen molar-refractivity contribution < 1.29 is 56.9 Å². The first kappa shape index (κ1) is 50.7. The maximum absolute atomic E-state index is 13.3. The van der Waals surface area contributed by atoms with E-state index in [4.69, 9.17) is 20.9 Å². The number of anilines is 3. The lowest BCUT2D eigenvalue weighted by atomic mass is 9.68. The molecule has 0 fully saturated rings. The monoisotopic (exact) mass is 1040 g/mol. The number of sulfone groups is 2. The molecule has 380 valence electrons. The van der Waals surface area contributed by atoms with Crippen LogP contribution in [0.1, 0.15) is 27.8 Å². The molecule has 0 spiro atoms. The van der Waals surface area contributed by atoms with Crippen molar-refractivity contribution in [2.75, 3.05) is 43.1 Å². The fourth-order valence-electron chi connectivity index (χ4n) is 9.10. The van der Waals surface area contributed by atoms with E-state index in [9.17, 15) is 47.5 Å². The van der Waals surface area contributed by atoms with Crippen molar-refractivity contribution in [1.29, 1.82) is 0 Å². The number of phenolic OH excluding ortho intramolecular Hbond substituents is 4. The van der Waals surface area contributed by atoms with Crippen LogP contribution in [0.2, 0.25) is 0 Å². The van der Waals surface area contributed by atoms with Crippen molar-refractivity contribution in [1.82, 2.24) is 5.32 Å². The van der Waals surface area contributed by atoms with Crippen LogP contribution in [0.5, 0.6) is 34.5 Å². The number of rotatable bonds is 19. The molecule has 8 aromatic rings. The number of hydrogen-bond acceptors (Lipinski definition) is 16. The van der Waals surface area contributed by atoms with Crippen molar-refractivity contribution in [2.45, 2.75) is 43.7 Å². The van der Waals surface area contributed by atoms with Crippen LogP contribution in [0.3, 0.4) is 0 Å². The van der Waals surface area contributed by atoms with E-state index in [-0.39, 0.29) is 98.1 Å². The topological polar surface area (TPSA) is 284 Å². The number of nitrogens with one attached hydrogen (secondary N) is 2. The third-order valence-corrected chi connectivity index (χ3v) is 16.4. The summed E-state index contributed by atoms with van der Waals surface area (Å²) in [7, 11) is -8.08. The number of aromatic hydroxyl groups is 4. The van der Waals surface area contributed by atoms with E-state index in [0.717, 1.165) is 45.5 Å². The van der Waals surface area contributed by atoms with Crippen LogP contribution < -0.4 is 31.6 Å². The number of hydrogen-bond donors (Lipinski definition) is 10. The average Bonchev–Trinajstić information content (AvgIpc) is 3.71. The Morgan fingerprint density at radius 3 is 1.39 bits per heavy atom. The molecule has 0 aliphatic heterocycles. The molecule has 0 heterocycles. The highest BCUT2D eigenvalue weighted by Crippen LogP contribution is 2.56. The number of fused-ring (bicyclic) bond motifs is 3. The zero-order valence-electron chi connectivity index (χ0n) is 39.5. The highest BCUT2D eigenvalue weighted by molar-refractivity contribution is 7.91. The number of aliphatic hydroxyl groups is 2. The minimum atomic E-state index is -4.06. The standard InChI is InChI=1S/C56H52N4O12S2/c57-49-26-42(18-22-53(49)64)73(67,68)41-17-21-52(63)34(25-41)29-59-30-37(61)32-71-39-13-9-35(10-14-39)56(47-7-3-1-5-45(47)46-6-2-4-8-48(46)56)36-11-15-40(16-12-36)72-33-38(62)31-60-51-28-44(20-24-55(51)66)74(69,70)43-19-23-54(65)50(58)27-43/h1-28,37-38,59-66H,29-33,57-58H2. The maximum Gasteiger partial charge on any atom is 0.206 e. The Balaban J connectivity index is 0.855. The number of nitrogens with two attached hydrogens (primary N) is 2. The summed E-state index contributed by atoms with van der Waals surface area (Å²) < 4.78 is 65.3. The Morgan fingerprint density at radius 2 is 0.905 bits per heavy atom. The van der Waals surface area contributed by atoms with E-state index >= 15 is 0 Å². The Kier molecular flexibility index (Phi) is 14.2. The predicted octanol–water partition coefficient (Wildman–Crippen LogP) is 7.08. The Hall–Kier alpha value is -8.26. The first-order valence-corrected chi connectivity index (χ1v) is 26.2. The van der Waals surface area contributed by atoms with Gasteiger partial charge in [0.15, 0.2) is 0 Å². The van der Waals surface area contributed by atoms with Gasteiger partial charge in [-0.05, 0) is 130 Å². The Morgan fingerprint density at radius 1 is 0.486 bits per heavy atom. The van der Waals surface area contributed by atoms with Crippen LogP contribution in [0.25, 0.3) is 11.1 Å². The first-order valence-electron chi connectivity index (χ1n) is 23.3. The summed E-state index contributed by atoms with van der Waals surface area (Å²) in [5.41, 5.74) is 17.1. The third-order valence-electron chi connectivity index (χ3n) is 12.9. The van der Waals surface area contributed by atoms with Gasteiger partial charge in [0.2, 0.25) is 19.7 Å². The molecule has 2 atom stereocenters. The lowest BCUT2D eigenvalue weighted by Gasteiger charge is -2.34. The van der Waals surface area contributed by atoms with Gasteiger partial charge < -0.3 is 62.2 Å². The Labute approximate surface area is 427 Å². The van der Waals surface area contributed by atoms with Crippen LogP contribution in [0, 0.1) is 0 Å². The summed E-state index contributed by atoms with van der Waals surface area (Å²) in [6.45, 7) is -0.202. The van der Waals surface area contributed by atoms with Gasteiger partial charge in [-0.1, -0.05) is 72.8 Å². The first-order chi connectivity index (χ1) is 35.5. The van der Waals surface area contributed by atoms with E-state index in [1.807, 2.05) is 72.8 Å². The number of phenols is 4. The van der Waals surface area contributed by atoms with Gasteiger partial charge in [0.1, 0.15) is 59.9 Å². The molecule has 74 heavy (non-hydrogen) atoms. The summed E-state index contributed by atoms with van der Waals surface area (Å²) in [6, 6.07) is 46.6. The lowest BCUT2D eigenvalue weighted by Crippen LogP contribution is -2.31. The molecule has 1 aliphatic rings. The summed E-state index contributed by atoms with van der Waals surface area (Å²) in [4.78, 5) is -0.467. The quantitative estimate of drug-likeness (QED) is 0.0286. The normalized spacial score (nSPS) is 13.6. The summed E-state index contributed by atoms with van der Waals surface area (Å²) in [5.74, 6) is 0.139. The molecule has 18 heteroatoms. The fourth-order valence-corrected chi connectivity index (χ4v) is 11.8. The smallest absolute Gasteiger partial charge is 0.206 e. The highest BCUT2D eigenvalue weighted by atomic mass is 32.2. The molecule has 0 radical (unpaired) electrons. The molecule has 16 nitrogen and oxygen atoms in total. The molecule has 0 amide bonds. The van der Waals surface area contributed by atoms with E-state index in [2.05, 4.69) is 34.9 Å². The van der Waals surface area contributed by atoms with E-state index in [1.165, 1.54) is 60.7 Å². The van der Waals surface area contributed by atoms with Crippen molar-refractivity contribution in [3.8, 4) is 45.6 Å². The third kappa shape index (κ3) is 9.96. The van der Waals surface area contributed by atoms with Gasteiger partial charge in [-0.2, -0.15) is 0 Å². The molecule has 8 aromatic carbocycles. The predicted molar refractivity (Wildman–Crippen MR) is 279 cm³/mol. The van der Waals surface area contributed by atoms with Gasteiger partial charge in [0.05, 0.1) is 42.1 Å². The lowest BCUT2D eigenvalue weighted by molar-refractivity contribution is 0.106.